The van der Waals surface area contributed by atoms with Crippen molar-refractivity contribution in [3.63, 3.8) is 0 Å². The number of carbonyl (C=O) groups is 1. The first-order chi connectivity index (χ1) is 5.22. The maximum Gasteiger partial charge on any atom is 0.246 e. The van der Waals surface area contributed by atoms with Crippen molar-refractivity contribution in [3.8, 4) is 0 Å². The molecule has 1 amide bonds. The molecule has 1 heterocycles. The Morgan fingerprint density at radius 2 is 2.09 bits per heavy atom. The molecule has 1 aromatic heterocycles. The third kappa shape index (κ3) is 1.71. The summed E-state index contributed by atoms with van der Waals surface area (Å²) in [4.78, 5) is 18.2. The van der Waals surface area contributed by atoms with Gasteiger partial charge in [-0.15, -0.1) is 0 Å². The largest absolute Gasteiger partial charge is 0.273 e. The number of nitrogens with zero attached hydrogens (tertiary/aromatic N) is 3. The summed E-state index contributed by atoms with van der Waals surface area (Å²) in [7, 11) is 0. The lowest BCUT2D eigenvalue weighted by Crippen LogP contribution is -2.36. The van der Waals surface area contributed by atoms with E-state index in [1.165, 1.54) is 19.3 Å². The van der Waals surface area contributed by atoms with E-state index in [0.29, 0.717) is 0 Å². The molecule has 1 rings (SSSR count). The molecule has 0 aliphatic rings. The Kier molecular flexibility index (Phi) is 2.12. The van der Waals surface area contributed by atoms with Gasteiger partial charge >= 0.3 is 0 Å². The standard InChI is InChI=1S/C6H8N4O/c1-5(11)10(7)6-8-3-2-4-9-6/h2-4H,7H2,1H3. The predicted molar refractivity (Wildman–Crippen MR) is 39.4 cm³/mol. The Balaban J connectivity index is 2.85. The maximum atomic E-state index is 10.7. The Hall–Kier alpha value is -1.49. The van der Waals surface area contributed by atoms with Crippen LogP contribution in [0.3, 0.4) is 0 Å². The van der Waals surface area contributed by atoms with E-state index in [2.05, 4.69) is 9.97 Å². The first-order valence-electron chi connectivity index (χ1n) is 3.04. The summed E-state index contributed by atoms with van der Waals surface area (Å²) >= 11 is 0. The van der Waals surface area contributed by atoms with Crippen molar-refractivity contribution in [2.24, 2.45) is 5.84 Å². The molecule has 11 heavy (non-hydrogen) atoms. The zero-order chi connectivity index (χ0) is 8.27. The number of rotatable bonds is 1. The number of hydrogen-bond donors (Lipinski definition) is 1. The van der Waals surface area contributed by atoms with Gasteiger partial charge in [0.05, 0.1) is 0 Å². The van der Waals surface area contributed by atoms with Gasteiger partial charge < -0.3 is 0 Å². The molecule has 0 saturated carbocycles. The first-order valence-corrected chi connectivity index (χ1v) is 3.04. The van der Waals surface area contributed by atoms with Crippen LogP contribution in [-0.2, 0) is 4.79 Å². The van der Waals surface area contributed by atoms with Gasteiger partial charge in [0.25, 0.3) is 0 Å². The van der Waals surface area contributed by atoms with Crippen LogP contribution in [0.4, 0.5) is 5.95 Å². The van der Waals surface area contributed by atoms with Gasteiger partial charge in [-0.05, 0) is 6.07 Å². The number of carbonyl (C=O) groups excluding carboxylic acids is 1. The first kappa shape index (κ1) is 7.62. The van der Waals surface area contributed by atoms with Crippen molar-refractivity contribution in [1.82, 2.24) is 9.97 Å². The van der Waals surface area contributed by atoms with Crippen LogP contribution >= 0.6 is 0 Å². The minimum absolute atomic E-state index is 0.208. The summed E-state index contributed by atoms with van der Waals surface area (Å²) in [6, 6.07) is 1.65. The van der Waals surface area contributed by atoms with E-state index in [4.69, 9.17) is 5.84 Å². The van der Waals surface area contributed by atoms with Crippen LogP contribution < -0.4 is 10.9 Å². The Bertz CT molecular complexity index is 248. The summed E-state index contributed by atoms with van der Waals surface area (Å²) in [6.07, 6.45) is 3.04. The molecule has 58 valence electrons. The van der Waals surface area contributed by atoms with Crippen LogP contribution in [0.25, 0.3) is 0 Å². The molecule has 0 saturated heterocycles. The molecular weight excluding hydrogens is 144 g/mol. The van der Waals surface area contributed by atoms with E-state index in [0.717, 1.165) is 5.01 Å². The molecule has 5 heteroatoms. The molecule has 0 bridgehead atoms. The van der Waals surface area contributed by atoms with E-state index in [1.807, 2.05) is 0 Å². The lowest BCUT2D eigenvalue weighted by Gasteiger charge is -2.09. The molecule has 0 spiro atoms. The van der Waals surface area contributed by atoms with Gasteiger partial charge in [0.2, 0.25) is 11.9 Å². The smallest absolute Gasteiger partial charge is 0.246 e. The average Bonchev–Trinajstić information content (AvgIpc) is 2.05. The summed E-state index contributed by atoms with van der Waals surface area (Å²) in [5.41, 5.74) is 0. The minimum Gasteiger partial charge on any atom is -0.273 e. The van der Waals surface area contributed by atoms with Gasteiger partial charge in [0, 0.05) is 19.3 Å². The number of hydrogen-bond acceptors (Lipinski definition) is 4. The van der Waals surface area contributed by atoms with Crippen LogP contribution in [0.2, 0.25) is 0 Å². The number of anilines is 1. The van der Waals surface area contributed by atoms with E-state index >= 15 is 0 Å². The highest BCUT2D eigenvalue weighted by Gasteiger charge is 2.06. The molecule has 2 N–H and O–H groups in total. The third-order valence-electron chi connectivity index (χ3n) is 1.11. The second-order valence-corrected chi connectivity index (χ2v) is 1.94. The van der Waals surface area contributed by atoms with E-state index < -0.39 is 0 Å². The molecule has 1 aromatic rings. The molecule has 0 aliphatic carbocycles. The fourth-order valence-electron chi connectivity index (χ4n) is 0.556. The Morgan fingerprint density at radius 3 is 2.55 bits per heavy atom. The van der Waals surface area contributed by atoms with Crippen molar-refractivity contribution in [3.05, 3.63) is 18.5 Å². The van der Waals surface area contributed by atoms with Crippen molar-refractivity contribution in [2.75, 3.05) is 5.01 Å². The fourth-order valence-corrected chi connectivity index (χ4v) is 0.556. The van der Waals surface area contributed by atoms with Crippen LogP contribution in [-0.4, -0.2) is 15.9 Å². The molecule has 0 aromatic carbocycles. The maximum absolute atomic E-state index is 10.7. The monoisotopic (exact) mass is 152 g/mol. The fraction of sp³-hybridized carbons (Fsp3) is 0.167. The van der Waals surface area contributed by atoms with Crippen molar-refractivity contribution in [2.45, 2.75) is 6.92 Å². The van der Waals surface area contributed by atoms with E-state index in [1.54, 1.807) is 6.07 Å². The number of nitrogens with two attached hydrogens (primary N) is 1. The summed E-state index contributed by atoms with van der Waals surface area (Å²) < 4.78 is 0. The second-order valence-electron chi connectivity index (χ2n) is 1.94. The summed E-state index contributed by atoms with van der Waals surface area (Å²) in [6.45, 7) is 1.34. The van der Waals surface area contributed by atoms with Gasteiger partial charge in [0.15, 0.2) is 0 Å². The molecular formula is C6H8N4O. The molecule has 0 radical (unpaired) electrons. The van der Waals surface area contributed by atoms with Crippen molar-refractivity contribution in [1.29, 1.82) is 0 Å². The van der Waals surface area contributed by atoms with Crippen molar-refractivity contribution < 1.29 is 4.79 Å². The van der Waals surface area contributed by atoms with Crippen LogP contribution in [0.15, 0.2) is 18.5 Å². The SMILES string of the molecule is CC(=O)N(N)c1ncccn1. The van der Waals surface area contributed by atoms with E-state index in [-0.39, 0.29) is 11.9 Å². The van der Waals surface area contributed by atoms with Crippen LogP contribution in [0.1, 0.15) is 6.92 Å². The minimum atomic E-state index is -0.295. The molecule has 0 unspecified atom stereocenters. The van der Waals surface area contributed by atoms with Gasteiger partial charge in [0.1, 0.15) is 0 Å². The highest BCUT2D eigenvalue weighted by Crippen LogP contribution is 1.98. The zero-order valence-electron chi connectivity index (χ0n) is 6.06. The summed E-state index contributed by atoms with van der Waals surface area (Å²) in [5.74, 6) is 5.21. The van der Waals surface area contributed by atoms with Gasteiger partial charge in [-0.1, -0.05) is 0 Å². The zero-order valence-corrected chi connectivity index (χ0v) is 6.06. The molecule has 0 atom stereocenters. The molecule has 5 nitrogen and oxygen atoms in total. The lowest BCUT2D eigenvalue weighted by molar-refractivity contribution is -0.116. The topological polar surface area (TPSA) is 72.1 Å². The quantitative estimate of drug-likeness (QED) is 0.341. The van der Waals surface area contributed by atoms with Crippen LogP contribution in [0, 0.1) is 0 Å². The van der Waals surface area contributed by atoms with Crippen molar-refractivity contribution >= 4 is 11.9 Å². The number of hydrazine groups is 1. The highest BCUT2D eigenvalue weighted by molar-refractivity contribution is 5.88. The second kappa shape index (κ2) is 3.07. The lowest BCUT2D eigenvalue weighted by atomic mass is 10.6. The highest BCUT2D eigenvalue weighted by atomic mass is 16.2. The number of aromatic nitrogens is 2. The normalized spacial score (nSPS) is 9.27. The third-order valence-corrected chi connectivity index (χ3v) is 1.11. The van der Waals surface area contributed by atoms with Gasteiger partial charge in [-0.2, -0.15) is 0 Å². The number of amides is 1. The Labute approximate surface area is 63.8 Å². The van der Waals surface area contributed by atoms with Gasteiger partial charge in [-0.25, -0.2) is 20.8 Å². The molecule has 0 fully saturated rings. The van der Waals surface area contributed by atoms with E-state index in [9.17, 15) is 4.79 Å². The van der Waals surface area contributed by atoms with Gasteiger partial charge in [-0.3, -0.25) is 4.79 Å². The predicted octanol–water partition coefficient (Wildman–Crippen LogP) is -0.297. The molecule has 0 aliphatic heterocycles. The summed E-state index contributed by atoms with van der Waals surface area (Å²) in [5, 5.41) is 0.889. The average molecular weight is 152 g/mol. The van der Waals surface area contributed by atoms with Crippen LogP contribution in [0.5, 0.6) is 0 Å². The Morgan fingerprint density at radius 1 is 1.55 bits per heavy atom.